The van der Waals surface area contributed by atoms with Crippen molar-refractivity contribution >= 4 is 38.6 Å². The van der Waals surface area contributed by atoms with Crippen LogP contribution >= 0.6 is 11.3 Å². The number of ether oxygens (including phenoxy) is 1. The minimum absolute atomic E-state index is 0.347. The summed E-state index contributed by atoms with van der Waals surface area (Å²) in [7, 11) is 0. The van der Waals surface area contributed by atoms with Crippen LogP contribution in [0.5, 0.6) is 5.75 Å². The van der Waals surface area contributed by atoms with Gasteiger partial charge in [0.05, 0.1) is 10.2 Å². The number of thiazole rings is 1. The molecule has 5 nitrogen and oxygen atoms in total. The van der Waals surface area contributed by atoms with Gasteiger partial charge in [-0.15, -0.1) is 0 Å². The maximum absolute atomic E-state index is 13.2. The van der Waals surface area contributed by atoms with Gasteiger partial charge < -0.3 is 4.74 Å². The number of amides is 1. The van der Waals surface area contributed by atoms with Crippen LogP contribution in [0.2, 0.25) is 0 Å². The first kappa shape index (κ1) is 15.1. The molecule has 0 unspecified atom stereocenters. The summed E-state index contributed by atoms with van der Waals surface area (Å²) in [5, 5.41) is 3.05. The van der Waals surface area contributed by atoms with Crippen LogP contribution < -0.4 is 10.1 Å². The van der Waals surface area contributed by atoms with Gasteiger partial charge in [0.25, 0.3) is 5.91 Å². The van der Waals surface area contributed by atoms with Gasteiger partial charge in [-0.3, -0.25) is 14.9 Å². The molecule has 0 fully saturated rings. The number of rotatable bonds is 3. The smallest absolute Gasteiger partial charge is 0.308 e. The highest BCUT2D eigenvalue weighted by atomic mass is 32.1. The minimum Gasteiger partial charge on any atom is -0.427 e. The van der Waals surface area contributed by atoms with Crippen LogP contribution in [0.15, 0.2) is 42.5 Å². The van der Waals surface area contributed by atoms with Crippen molar-refractivity contribution < 1.29 is 18.7 Å². The Kier molecular flexibility index (Phi) is 4.03. The number of fused-ring (bicyclic) bond motifs is 1. The van der Waals surface area contributed by atoms with E-state index in [2.05, 4.69) is 10.3 Å². The first-order valence-electron chi connectivity index (χ1n) is 6.67. The van der Waals surface area contributed by atoms with Crippen LogP contribution in [0.25, 0.3) is 10.2 Å². The Balaban J connectivity index is 1.75. The van der Waals surface area contributed by atoms with E-state index in [1.165, 1.54) is 42.5 Å². The van der Waals surface area contributed by atoms with Crippen molar-refractivity contribution in [3.05, 3.63) is 53.8 Å². The summed E-state index contributed by atoms with van der Waals surface area (Å²) in [6.45, 7) is 1.30. The van der Waals surface area contributed by atoms with Gasteiger partial charge >= 0.3 is 5.97 Å². The van der Waals surface area contributed by atoms with Crippen LogP contribution in [-0.4, -0.2) is 16.9 Å². The van der Waals surface area contributed by atoms with E-state index in [-0.39, 0.29) is 11.7 Å². The Hall–Kier alpha value is -2.80. The fourth-order valence-electron chi connectivity index (χ4n) is 1.96. The average Bonchev–Trinajstić information content (AvgIpc) is 2.88. The van der Waals surface area contributed by atoms with Crippen molar-refractivity contribution in [2.75, 3.05) is 5.32 Å². The first-order valence-corrected chi connectivity index (χ1v) is 7.49. The van der Waals surface area contributed by atoms with Gasteiger partial charge in [0, 0.05) is 12.5 Å². The Morgan fingerprint density at radius 3 is 2.61 bits per heavy atom. The molecule has 1 N–H and O–H groups in total. The Labute approximate surface area is 134 Å². The van der Waals surface area contributed by atoms with E-state index in [1.54, 1.807) is 18.2 Å². The summed E-state index contributed by atoms with van der Waals surface area (Å²) in [6, 6.07) is 10.4. The lowest BCUT2D eigenvalue weighted by Gasteiger charge is -2.03. The number of nitrogens with one attached hydrogen (secondary N) is 1. The lowest BCUT2D eigenvalue weighted by Crippen LogP contribution is -2.11. The lowest BCUT2D eigenvalue weighted by atomic mass is 10.2. The molecule has 0 bridgehead atoms. The number of nitrogens with zero attached hydrogens (tertiary/aromatic N) is 1. The third-order valence-corrected chi connectivity index (χ3v) is 3.88. The summed E-state index contributed by atoms with van der Waals surface area (Å²) in [5.41, 5.74) is 1.02. The highest BCUT2D eigenvalue weighted by molar-refractivity contribution is 7.22. The second kappa shape index (κ2) is 6.13. The summed E-state index contributed by atoms with van der Waals surface area (Å²) < 4.78 is 18.7. The van der Waals surface area contributed by atoms with Crippen LogP contribution in [-0.2, 0) is 4.79 Å². The van der Waals surface area contributed by atoms with Gasteiger partial charge in [0.1, 0.15) is 11.6 Å². The second-order valence-corrected chi connectivity index (χ2v) is 5.73. The summed E-state index contributed by atoms with van der Waals surface area (Å²) in [6.07, 6.45) is 0. The maximum Gasteiger partial charge on any atom is 0.308 e. The topological polar surface area (TPSA) is 68.3 Å². The van der Waals surface area contributed by atoms with Gasteiger partial charge in [-0.05, 0) is 42.5 Å². The highest BCUT2D eigenvalue weighted by Crippen LogP contribution is 2.27. The molecule has 2 aromatic carbocycles. The van der Waals surface area contributed by atoms with Gasteiger partial charge in [-0.1, -0.05) is 11.3 Å². The van der Waals surface area contributed by atoms with E-state index in [0.717, 1.165) is 0 Å². The fraction of sp³-hybridized carbons (Fsp3) is 0.0625. The standard InChI is InChI=1S/C16H11FN2O3S/c1-9(20)22-12-5-2-10(3-6-12)15(21)19-16-18-13-7-4-11(17)8-14(13)23-16/h2-8H,1H3,(H,18,19,21). The van der Waals surface area contributed by atoms with E-state index in [9.17, 15) is 14.0 Å². The molecule has 0 radical (unpaired) electrons. The van der Waals surface area contributed by atoms with Crippen LogP contribution in [0.3, 0.4) is 0 Å². The van der Waals surface area contributed by atoms with Crippen molar-refractivity contribution in [3.63, 3.8) is 0 Å². The van der Waals surface area contributed by atoms with Crippen molar-refractivity contribution in [1.82, 2.24) is 4.98 Å². The van der Waals surface area contributed by atoms with Crippen molar-refractivity contribution in [2.24, 2.45) is 0 Å². The zero-order valence-corrected chi connectivity index (χ0v) is 12.8. The molecule has 116 valence electrons. The normalized spacial score (nSPS) is 10.5. The predicted molar refractivity (Wildman–Crippen MR) is 85.3 cm³/mol. The minimum atomic E-state index is -0.427. The Morgan fingerprint density at radius 2 is 1.91 bits per heavy atom. The second-order valence-electron chi connectivity index (χ2n) is 4.70. The molecule has 3 rings (SSSR count). The number of halogens is 1. The number of carbonyl (C=O) groups is 2. The van der Waals surface area contributed by atoms with E-state index in [0.29, 0.717) is 26.7 Å². The van der Waals surface area contributed by atoms with Crippen molar-refractivity contribution in [1.29, 1.82) is 0 Å². The summed E-state index contributed by atoms with van der Waals surface area (Å²) in [5.74, 6) is -0.757. The highest BCUT2D eigenvalue weighted by Gasteiger charge is 2.11. The average molecular weight is 330 g/mol. The largest absolute Gasteiger partial charge is 0.427 e. The zero-order chi connectivity index (χ0) is 16.4. The Bertz CT molecular complexity index is 890. The zero-order valence-electron chi connectivity index (χ0n) is 12.0. The molecule has 23 heavy (non-hydrogen) atoms. The fourth-order valence-corrected chi connectivity index (χ4v) is 2.85. The molecule has 1 aromatic heterocycles. The SMILES string of the molecule is CC(=O)Oc1ccc(C(=O)Nc2nc3ccc(F)cc3s2)cc1. The molecule has 0 saturated carbocycles. The number of carbonyl (C=O) groups excluding carboxylic acids is 2. The quantitative estimate of drug-likeness (QED) is 0.588. The molecule has 0 aliphatic rings. The van der Waals surface area contributed by atoms with Crippen molar-refractivity contribution in [3.8, 4) is 5.75 Å². The summed E-state index contributed by atoms with van der Waals surface area (Å²) in [4.78, 5) is 27.2. The van der Waals surface area contributed by atoms with Gasteiger partial charge in [-0.25, -0.2) is 9.37 Å². The van der Waals surface area contributed by atoms with Gasteiger partial charge in [-0.2, -0.15) is 0 Å². The van der Waals surface area contributed by atoms with E-state index in [1.807, 2.05) is 0 Å². The molecule has 0 aliphatic heterocycles. The van der Waals surface area contributed by atoms with E-state index in [4.69, 9.17) is 4.74 Å². The number of anilines is 1. The third-order valence-electron chi connectivity index (χ3n) is 2.95. The van der Waals surface area contributed by atoms with E-state index < -0.39 is 5.97 Å². The Morgan fingerprint density at radius 1 is 1.17 bits per heavy atom. The first-order chi connectivity index (χ1) is 11.0. The molecular formula is C16H11FN2O3S. The molecule has 3 aromatic rings. The maximum atomic E-state index is 13.2. The monoisotopic (exact) mass is 330 g/mol. The molecule has 1 amide bonds. The van der Waals surface area contributed by atoms with Gasteiger partial charge in [0.15, 0.2) is 5.13 Å². The van der Waals surface area contributed by atoms with Crippen molar-refractivity contribution in [2.45, 2.75) is 6.92 Å². The molecule has 1 heterocycles. The lowest BCUT2D eigenvalue weighted by molar-refractivity contribution is -0.131. The molecule has 0 spiro atoms. The number of hydrogen-bond donors (Lipinski definition) is 1. The third kappa shape index (κ3) is 3.51. The summed E-state index contributed by atoms with van der Waals surface area (Å²) >= 11 is 1.19. The van der Waals surface area contributed by atoms with Gasteiger partial charge in [0.2, 0.25) is 0 Å². The van der Waals surface area contributed by atoms with Crippen LogP contribution in [0.1, 0.15) is 17.3 Å². The molecule has 0 atom stereocenters. The number of esters is 1. The predicted octanol–water partition coefficient (Wildman–Crippen LogP) is 3.61. The number of aromatic nitrogens is 1. The number of benzene rings is 2. The molecule has 0 aliphatic carbocycles. The number of hydrogen-bond acceptors (Lipinski definition) is 5. The van der Waals surface area contributed by atoms with Crippen LogP contribution in [0.4, 0.5) is 9.52 Å². The molecular weight excluding hydrogens is 319 g/mol. The molecule has 0 saturated heterocycles. The van der Waals surface area contributed by atoms with Crippen LogP contribution in [0, 0.1) is 5.82 Å². The molecule has 7 heteroatoms. The van der Waals surface area contributed by atoms with E-state index >= 15 is 0 Å².